The van der Waals surface area contributed by atoms with Gasteiger partial charge in [0.15, 0.2) is 0 Å². The molecule has 0 saturated heterocycles. The van der Waals surface area contributed by atoms with Crippen molar-refractivity contribution in [1.29, 1.82) is 0 Å². The van der Waals surface area contributed by atoms with Crippen molar-refractivity contribution >= 4 is 43.8 Å². The molecule has 0 radical (unpaired) electrons. The Balaban J connectivity index is 1.27. The molecule has 13 heteroatoms. The Kier molecular flexibility index (Phi) is 11.0. The number of amides is 1. The van der Waals surface area contributed by atoms with E-state index >= 15 is 0 Å². The Bertz CT molecular complexity index is 2020. The van der Waals surface area contributed by atoms with E-state index in [4.69, 9.17) is 16.0 Å². The van der Waals surface area contributed by atoms with Crippen LogP contribution in [0.4, 0.5) is 0 Å². The molecule has 242 valence electrons. The first-order valence-corrected chi connectivity index (χ1v) is 17.7. The predicted molar refractivity (Wildman–Crippen MR) is 179 cm³/mol. The molecule has 1 heterocycles. The quantitative estimate of drug-likeness (QED) is 0.118. The lowest BCUT2D eigenvalue weighted by atomic mass is 10.2. The van der Waals surface area contributed by atoms with E-state index in [0.29, 0.717) is 16.3 Å². The normalized spacial score (nSPS) is 12.1. The van der Waals surface area contributed by atoms with Crippen molar-refractivity contribution in [1.82, 2.24) is 14.0 Å². The van der Waals surface area contributed by atoms with Crippen LogP contribution in [0.2, 0.25) is 5.02 Å². The highest BCUT2D eigenvalue weighted by Crippen LogP contribution is 2.23. The fourth-order valence-electron chi connectivity index (χ4n) is 4.60. The lowest BCUT2D eigenvalue weighted by Crippen LogP contribution is -2.39. The molecule has 1 aromatic heterocycles. The van der Waals surface area contributed by atoms with E-state index in [0.717, 1.165) is 9.87 Å². The summed E-state index contributed by atoms with van der Waals surface area (Å²) in [4.78, 5) is 13.1. The SMILES string of the molecule is O=C(CN(Cc1ccccc1)S(=O)(=O)c1ccccc1)N/N=C\c1ccc(CN(Cc2ccc(Cl)cc2)S(=O)(=O)c2ccccc2)o1. The molecule has 0 saturated carbocycles. The van der Waals surface area contributed by atoms with Crippen LogP contribution in [0.25, 0.3) is 0 Å². The zero-order valence-corrected chi connectivity index (χ0v) is 27.4. The van der Waals surface area contributed by atoms with Gasteiger partial charge in [-0.1, -0.05) is 90.5 Å². The highest BCUT2D eigenvalue weighted by molar-refractivity contribution is 7.89. The fourth-order valence-corrected chi connectivity index (χ4v) is 7.55. The standard InChI is InChI=1S/C34H31ClN4O6S2/c35-29-18-16-28(17-19-29)24-38(46(41,42)32-12-6-2-7-13-32)25-31-21-20-30(45-31)22-36-37-34(40)26-39(23-27-10-4-1-5-11-27)47(43,44)33-14-8-3-9-15-33/h1-22H,23-26H2,(H,37,40)/b36-22-. The summed E-state index contributed by atoms with van der Waals surface area (Å²) in [5, 5.41) is 4.47. The van der Waals surface area contributed by atoms with Gasteiger partial charge in [0.05, 0.1) is 29.1 Å². The van der Waals surface area contributed by atoms with E-state index in [9.17, 15) is 21.6 Å². The third-order valence-corrected chi connectivity index (χ3v) is 10.8. The lowest BCUT2D eigenvalue weighted by Gasteiger charge is -2.21. The topological polar surface area (TPSA) is 129 Å². The van der Waals surface area contributed by atoms with Crippen LogP contribution in [0, 0.1) is 0 Å². The maximum atomic E-state index is 13.6. The van der Waals surface area contributed by atoms with Crippen LogP contribution in [0.15, 0.2) is 147 Å². The number of benzene rings is 4. The molecule has 0 aliphatic rings. The number of furan rings is 1. The van der Waals surface area contributed by atoms with Crippen LogP contribution >= 0.6 is 11.6 Å². The first-order valence-electron chi connectivity index (χ1n) is 14.4. The molecule has 0 fully saturated rings. The van der Waals surface area contributed by atoms with Crippen LogP contribution in [-0.4, -0.2) is 44.1 Å². The van der Waals surface area contributed by atoms with Crippen molar-refractivity contribution in [2.45, 2.75) is 29.4 Å². The highest BCUT2D eigenvalue weighted by Gasteiger charge is 2.27. The Hall–Kier alpha value is -4.59. The van der Waals surface area contributed by atoms with Gasteiger partial charge in [0.1, 0.15) is 11.5 Å². The maximum Gasteiger partial charge on any atom is 0.255 e. The number of rotatable bonds is 14. The van der Waals surface area contributed by atoms with Gasteiger partial charge >= 0.3 is 0 Å². The number of carbonyl (C=O) groups excluding carboxylic acids is 1. The average molecular weight is 691 g/mol. The zero-order valence-electron chi connectivity index (χ0n) is 25.0. The summed E-state index contributed by atoms with van der Waals surface area (Å²) in [6.07, 6.45) is 1.25. The molecule has 0 spiro atoms. The van der Waals surface area contributed by atoms with Gasteiger partial charge in [-0.05, 0) is 59.7 Å². The van der Waals surface area contributed by atoms with Crippen molar-refractivity contribution in [3.63, 3.8) is 0 Å². The summed E-state index contributed by atoms with van der Waals surface area (Å²) in [7, 11) is -7.89. The Morgan fingerprint density at radius 2 is 1.17 bits per heavy atom. The van der Waals surface area contributed by atoms with Gasteiger partial charge in [0.2, 0.25) is 20.0 Å². The highest BCUT2D eigenvalue weighted by atomic mass is 35.5. The number of nitrogens with one attached hydrogen (secondary N) is 1. The van der Waals surface area contributed by atoms with Crippen molar-refractivity contribution in [2.75, 3.05) is 6.54 Å². The molecule has 0 unspecified atom stereocenters. The molecule has 4 aromatic carbocycles. The maximum absolute atomic E-state index is 13.6. The molecular weight excluding hydrogens is 660 g/mol. The van der Waals surface area contributed by atoms with Gasteiger partial charge in [-0.25, -0.2) is 22.3 Å². The monoisotopic (exact) mass is 690 g/mol. The van der Waals surface area contributed by atoms with Crippen molar-refractivity contribution in [3.05, 3.63) is 155 Å². The van der Waals surface area contributed by atoms with E-state index in [-0.39, 0.29) is 35.2 Å². The number of hydrogen-bond acceptors (Lipinski definition) is 7. The van der Waals surface area contributed by atoms with E-state index in [1.165, 1.54) is 34.8 Å². The summed E-state index contributed by atoms with van der Waals surface area (Å²) in [6, 6.07) is 35.0. The first-order chi connectivity index (χ1) is 22.6. The number of sulfonamides is 2. The third-order valence-electron chi connectivity index (χ3n) is 6.95. The van der Waals surface area contributed by atoms with Crippen LogP contribution < -0.4 is 5.43 Å². The molecule has 47 heavy (non-hydrogen) atoms. The molecule has 0 atom stereocenters. The second-order valence-corrected chi connectivity index (χ2v) is 14.7. The minimum absolute atomic E-state index is 0.0187. The summed E-state index contributed by atoms with van der Waals surface area (Å²) in [6.45, 7) is -0.509. The van der Waals surface area contributed by atoms with Crippen molar-refractivity contribution in [2.24, 2.45) is 5.10 Å². The van der Waals surface area contributed by atoms with Crippen LogP contribution in [0.3, 0.4) is 0 Å². The summed E-state index contributed by atoms with van der Waals surface area (Å²) >= 11 is 6.02. The average Bonchev–Trinajstić information content (AvgIpc) is 3.53. The van der Waals surface area contributed by atoms with E-state index in [2.05, 4.69) is 10.5 Å². The van der Waals surface area contributed by atoms with Crippen molar-refractivity contribution < 1.29 is 26.0 Å². The van der Waals surface area contributed by atoms with Crippen LogP contribution in [0.1, 0.15) is 22.6 Å². The van der Waals surface area contributed by atoms with Gasteiger partial charge in [-0.2, -0.15) is 13.7 Å². The van der Waals surface area contributed by atoms with E-state index in [1.807, 2.05) is 6.07 Å². The van der Waals surface area contributed by atoms with E-state index in [1.54, 1.807) is 97.1 Å². The lowest BCUT2D eigenvalue weighted by molar-refractivity contribution is -0.121. The minimum Gasteiger partial charge on any atom is -0.459 e. The molecule has 0 aliphatic carbocycles. The van der Waals surface area contributed by atoms with Gasteiger partial charge in [-0.15, -0.1) is 0 Å². The second kappa shape index (κ2) is 15.3. The Morgan fingerprint density at radius 1 is 0.660 bits per heavy atom. The molecule has 1 N–H and O–H groups in total. The second-order valence-electron chi connectivity index (χ2n) is 10.4. The fraction of sp³-hybridized carbons (Fsp3) is 0.118. The minimum atomic E-state index is -4.00. The summed E-state index contributed by atoms with van der Waals surface area (Å²) in [5.74, 6) is -0.0669. The molecule has 0 aliphatic heterocycles. The number of carbonyl (C=O) groups is 1. The number of nitrogens with zero attached hydrogens (tertiary/aromatic N) is 3. The van der Waals surface area contributed by atoms with Gasteiger partial charge in [-0.3, -0.25) is 4.79 Å². The van der Waals surface area contributed by atoms with Crippen LogP contribution in [-0.2, 0) is 44.5 Å². The van der Waals surface area contributed by atoms with Gasteiger partial charge in [0, 0.05) is 18.1 Å². The molecule has 1 amide bonds. The molecular formula is C34H31ClN4O6S2. The van der Waals surface area contributed by atoms with E-state index < -0.39 is 32.5 Å². The number of hydrogen-bond donors (Lipinski definition) is 1. The zero-order chi connectivity index (χ0) is 33.3. The Morgan fingerprint density at radius 3 is 1.77 bits per heavy atom. The predicted octanol–water partition coefficient (Wildman–Crippen LogP) is 5.67. The summed E-state index contributed by atoms with van der Waals surface area (Å²) in [5.41, 5.74) is 3.80. The van der Waals surface area contributed by atoms with Crippen molar-refractivity contribution in [3.8, 4) is 0 Å². The smallest absolute Gasteiger partial charge is 0.255 e. The number of hydrazone groups is 1. The molecule has 0 bridgehead atoms. The largest absolute Gasteiger partial charge is 0.459 e. The Labute approximate surface area is 279 Å². The molecule has 5 aromatic rings. The van der Waals surface area contributed by atoms with Crippen LogP contribution in [0.5, 0.6) is 0 Å². The third kappa shape index (κ3) is 9.03. The first kappa shape index (κ1) is 33.8. The van der Waals surface area contributed by atoms with Gasteiger partial charge in [0.25, 0.3) is 5.91 Å². The number of halogens is 1. The van der Waals surface area contributed by atoms with Gasteiger partial charge < -0.3 is 4.42 Å². The molecule has 10 nitrogen and oxygen atoms in total. The summed E-state index contributed by atoms with van der Waals surface area (Å²) < 4.78 is 62.1. The molecule has 5 rings (SSSR count).